The minimum Gasteiger partial charge on any atom is -0.464 e. The van der Waals surface area contributed by atoms with Crippen LogP contribution in [0.1, 0.15) is 49.4 Å². The summed E-state index contributed by atoms with van der Waals surface area (Å²) in [6.45, 7) is 8.89. The second kappa shape index (κ2) is 8.39. The van der Waals surface area contributed by atoms with Crippen molar-refractivity contribution in [1.82, 2.24) is 4.90 Å². The van der Waals surface area contributed by atoms with Gasteiger partial charge in [0.05, 0.1) is 24.2 Å². The molecule has 1 aliphatic rings. The normalized spacial score (nSPS) is 18.2. The van der Waals surface area contributed by atoms with Crippen LogP contribution in [0.5, 0.6) is 0 Å². The van der Waals surface area contributed by atoms with E-state index in [4.69, 9.17) is 4.42 Å². The van der Waals surface area contributed by atoms with Crippen LogP contribution in [0.2, 0.25) is 0 Å². The summed E-state index contributed by atoms with van der Waals surface area (Å²) < 4.78 is 30.0. The van der Waals surface area contributed by atoms with Gasteiger partial charge in [0.1, 0.15) is 5.58 Å². The van der Waals surface area contributed by atoms with E-state index in [2.05, 4.69) is 32.9 Å². The van der Waals surface area contributed by atoms with E-state index in [0.717, 1.165) is 27.7 Å². The van der Waals surface area contributed by atoms with E-state index in [0.29, 0.717) is 13.0 Å². The zero-order valence-electron chi connectivity index (χ0n) is 19.2. The van der Waals surface area contributed by atoms with Gasteiger partial charge in [-0.2, -0.15) is 0 Å². The van der Waals surface area contributed by atoms with Gasteiger partial charge in [-0.1, -0.05) is 56.7 Å². The zero-order chi connectivity index (χ0) is 23.1. The van der Waals surface area contributed by atoms with Gasteiger partial charge in [-0.3, -0.25) is 4.79 Å². The Morgan fingerprint density at radius 3 is 2.47 bits per heavy atom. The average Bonchev–Trinajstić information content (AvgIpc) is 3.29. The molecule has 2 heterocycles. The summed E-state index contributed by atoms with van der Waals surface area (Å²) in [4.78, 5) is 15.2. The van der Waals surface area contributed by atoms with Gasteiger partial charge in [-0.25, -0.2) is 8.42 Å². The Balaban J connectivity index is 1.63. The first kappa shape index (κ1) is 22.6. The predicted molar refractivity (Wildman–Crippen MR) is 127 cm³/mol. The number of hydrogen-bond acceptors (Lipinski definition) is 4. The van der Waals surface area contributed by atoms with Crippen LogP contribution in [0.25, 0.3) is 11.0 Å². The van der Waals surface area contributed by atoms with Crippen LogP contribution in [0, 0.1) is 6.92 Å². The Morgan fingerprint density at radius 1 is 1.12 bits per heavy atom. The SMILES string of the molecule is Cc1ccc(CN(C(=O)Cc2coc3ccc(C(C)(C)C)cc23)C2CCS(=O)(=O)C2)cc1. The molecule has 0 radical (unpaired) electrons. The zero-order valence-corrected chi connectivity index (χ0v) is 20.0. The van der Waals surface area contributed by atoms with Crippen molar-refractivity contribution >= 4 is 26.7 Å². The molecule has 2 aromatic carbocycles. The monoisotopic (exact) mass is 453 g/mol. The Morgan fingerprint density at radius 2 is 1.84 bits per heavy atom. The number of aryl methyl sites for hydroxylation is 1. The maximum absolute atomic E-state index is 13.5. The van der Waals surface area contributed by atoms with Crippen molar-refractivity contribution in [3.63, 3.8) is 0 Å². The van der Waals surface area contributed by atoms with E-state index in [9.17, 15) is 13.2 Å². The number of carbonyl (C=O) groups excluding carboxylic acids is 1. The smallest absolute Gasteiger partial charge is 0.227 e. The molecule has 1 aromatic heterocycles. The van der Waals surface area contributed by atoms with Crippen LogP contribution >= 0.6 is 0 Å². The highest BCUT2D eigenvalue weighted by Crippen LogP contribution is 2.30. The molecule has 5 nitrogen and oxygen atoms in total. The average molecular weight is 454 g/mol. The van der Waals surface area contributed by atoms with E-state index >= 15 is 0 Å². The molecule has 1 aliphatic heterocycles. The second-order valence-electron chi connectivity index (χ2n) is 9.96. The molecule has 4 rings (SSSR count). The largest absolute Gasteiger partial charge is 0.464 e. The Kier molecular flexibility index (Phi) is 5.93. The van der Waals surface area contributed by atoms with Crippen LogP contribution in [-0.2, 0) is 33.0 Å². The van der Waals surface area contributed by atoms with E-state index in [1.807, 2.05) is 37.3 Å². The molecule has 1 fully saturated rings. The summed E-state index contributed by atoms with van der Waals surface area (Å²) in [6.07, 6.45) is 2.33. The maximum Gasteiger partial charge on any atom is 0.227 e. The van der Waals surface area contributed by atoms with Crippen molar-refractivity contribution in [2.24, 2.45) is 0 Å². The number of nitrogens with zero attached hydrogens (tertiary/aromatic N) is 1. The highest BCUT2D eigenvalue weighted by atomic mass is 32.2. The number of furan rings is 1. The molecular formula is C26H31NO4S. The number of benzene rings is 2. The van der Waals surface area contributed by atoms with Crippen LogP contribution in [-0.4, -0.2) is 36.8 Å². The third-order valence-electron chi connectivity index (χ3n) is 6.30. The molecule has 0 saturated carbocycles. The summed E-state index contributed by atoms with van der Waals surface area (Å²) in [6, 6.07) is 13.9. The van der Waals surface area contributed by atoms with Gasteiger partial charge in [0, 0.05) is 23.5 Å². The molecule has 1 amide bonds. The lowest BCUT2D eigenvalue weighted by Crippen LogP contribution is -2.41. The third kappa shape index (κ3) is 4.90. The summed E-state index contributed by atoms with van der Waals surface area (Å²) in [5.74, 6) is 0.0978. The molecule has 1 saturated heterocycles. The molecule has 1 unspecified atom stereocenters. The quantitative estimate of drug-likeness (QED) is 0.557. The van der Waals surface area contributed by atoms with Crippen LogP contribution < -0.4 is 0 Å². The molecule has 0 aliphatic carbocycles. The lowest BCUT2D eigenvalue weighted by atomic mass is 9.86. The van der Waals surface area contributed by atoms with Gasteiger partial charge in [0.2, 0.25) is 5.91 Å². The van der Waals surface area contributed by atoms with Crippen molar-refractivity contribution in [3.05, 3.63) is 71.0 Å². The fraction of sp³-hybridized carbons (Fsp3) is 0.423. The van der Waals surface area contributed by atoms with E-state index < -0.39 is 9.84 Å². The number of rotatable bonds is 5. The van der Waals surface area contributed by atoms with Gasteiger partial charge < -0.3 is 9.32 Å². The highest BCUT2D eigenvalue weighted by molar-refractivity contribution is 7.91. The fourth-order valence-electron chi connectivity index (χ4n) is 4.28. The van der Waals surface area contributed by atoms with Gasteiger partial charge in [-0.15, -0.1) is 0 Å². The number of amides is 1. The van der Waals surface area contributed by atoms with E-state index in [1.54, 1.807) is 11.2 Å². The summed E-state index contributed by atoms with van der Waals surface area (Å²) in [5, 5.41) is 0.945. The first-order valence-electron chi connectivity index (χ1n) is 11.1. The van der Waals surface area contributed by atoms with Crippen LogP contribution in [0.4, 0.5) is 0 Å². The lowest BCUT2D eigenvalue weighted by molar-refractivity contribution is -0.133. The maximum atomic E-state index is 13.5. The minimum atomic E-state index is -3.10. The standard InChI is InChI=1S/C26H31NO4S/c1-18-5-7-19(8-6-18)15-27(22-11-12-32(29,30)17-22)25(28)13-20-16-31-24-10-9-21(14-23(20)24)26(2,3)4/h5-10,14,16,22H,11-13,15,17H2,1-4H3. The Labute approximate surface area is 190 Å². The van der Waals surface area contributed by atoms with Crippen LogP contribution in [0.15, 0.2) is 53.1 Å². The van der Waals surface area contributed by atoms with Crippen molar-refractivity contribution in [1.29, 1.82) is 0 Å². The van der Waals surface area contributed by atoms with Crippen molar-refractivity contribution in [2.75, 3.05) is 11.5 Å². The van der Waals surface area contributed by atoms with Gasteiger partial charge >= 0.3 is 0 Å². The summed E-state index contributed by atoms with van der Waals surface area (Å²) in [7, 11) is -3.10. The van der Waals surface area contributed by atoms with Crippen molar-refractivity contribution in [3.8, 4) is 0 Å². The number of fused-ring (bicyclic) bond motifs is 1. The van der Waals surface area contributed by atoms with E-state index in [1.165, 1.54) is 5.56 Å². The highest BCUT2D eigenvalue weighted by Gasteiger charge is 2.35. The number of sulfone groups is 1. The molecule has 6 heteroatoms. The molecular weight excluding hydrogens is 422 g/mol. The molecule has 0 bridgehead atoms. The molecule has 3 aromatic rings. The molecule has 0 spiro atoms. The second-order valence-corrected chi connectivity index (χ2v) is 12.2. The minimum absolute atomic E-state index is 0.0115. The number of carbonyl (C=O) groups is 1. The molecule has 170 valence electrons. The van der Waals surface area contributed by atoms with E-state index in [-0.39, 0.29) is 35.3 Å². The predicted octanol–water partition coefficient (Wildman–Crippen LogP) is 4.80. The first-order chi connectivity index (χ1) is 15.0. The fourth-order valence-corrected chi connectivity index (χ4v) is 6.01. The van der Waals surface area contributed by atoms with Gasteiger partial charge in [0.25, 0.3) is 0 Å². The lowest BCUT2D eigenvalue weighted by Gasteiger charge is -2.28. The van der Waals surface area contributed by atoms with Crippen molar-refractivity contribution < 1.29 is 17.6 Å². The Hall–Kier alpha value is -2.60. The van der Waals surface area contributed by atoms with Crippen molar-refractivity contribution in [2.45, 2.75) is 58.5 Å². The third-order valence-corrected chi connectivity index (χ3v) is 8.05. The number of hydrogen-bond donors (Lipinski definition) is 0. The summed E-state index contributed by atoms with van der Waals surface area (Å²) in [5.41, 5.74) is 4.91. The Bertz CT molecular complexity index is 1230. The van der Waals surface area contributed by atoms with Gasteiger partial charge in [-0.05, 0) is 42.0 Å². The van der Waals surface area contributed by atoms with Crippen LogP contribution in [0.3, 0.4) is 0 Å². The topological polar surface area (TPSA) is 67.6 Å². The molecule has 0 N–H and O–H groups in total. The molecule has 32 heavy (non-hydrogen) atoms. The molecule has 1 atom stereocenters. The first-order valence-corrected chi connectivity index (χ1v) is 12.9. The van der Waals surface area contributed by atoms with Gasteiger partial charge in [0.15, 0.2) is 9.84 Å². The summed E-state index contributed by atoms with van der Waals surface area (Å²) >= 11 is 0.